The highest BCUT2D eigenvalue weighted by Gasteiger charge is 2.21. The number of pyridine rings is 2. The number of para-hydroxylation sites is 4. The fraction of sp³-hybridized carbons (Fsp3) is 0. The molecule has 4 heterocycles. The Kier molecular flexibility index (Phi) is 6.98. The fourth-order valence-electron chi connectivity index (χ4n) is 9.91. The van der Waals surface area contributed by atoms with Crippen molar-refractivity contribution in [1.82, 2.24) is 19.1 Å². The number of fused-ring (bicyclic) bond motifs is 13. The van der Waals surface area contributed by atoms with Gasteiger partial charge in [-0.1, -0.05) is 146 Å². The first-order valence-electron chi connectivity index (χ1n) is 20.5. The van der Waals surface area contributed by atoms with E-state index in [0.717, 1.165) is 55.7 Å². The average Bonchev–Trinajstić information content (AvgIpc) is 3.84. The molecule has 9 aromatic carbocycles. The molecule has 0 radical (unpaired) electrons. The van der Waals surface area contributed by atoms with E-state index in [1.165, 1.54) is 65.2 Å². The summed E-state index contributed by atoms with van der Waals surface area (Å²) in [6.45, 7) is 0. The lowest BCUT2D eigenvalue weighted by atomic mass is 10.00. The molecule has 4 aromatic heterocycles. The minimum atomic E-state index is 0.992. The van der Waals surface area contributed by atoms with Gasteiger partial charge in [-0.2, -0.15) is 0 Å². The second kappa shape index (κ2) is 12.7. The predicted molar refractivity (Wildman–Crippen MR) is 252 cm³/mol. The average molecular weight is 763 g/mol. The van der Waals surface area contributed by atoms with Crippen molar-refractivity contribution in [2.45, 2.75) is 0 Å². The van der Waals surface area contributed by atoms with Crippen molar-refractivity contribution in [3.05, 3.63) is 206 Å². The maximum atomic E-state index is 5.27. The van der Waals surface area contributed by atoms with Gasteiger partial charge in [-0.25, -0.2) is 9.97 Å². The highest BCUT2D eigenvalue weighted by molar-refractivity contribution is 6.29. The third-order valence-electron chi connectivity index (χ3n) is 12.4. The first kappa shape index (κ1) is 32.9. The summed E-state index contributed by atoms with van der Waals surface area (Å²) in [6.07, 6.45) is 0. The summed E-state index contributed by atoms with van der Waals surface area (Å²) in [5.41, 5.74) is 13.0. The Balaban J connectivity index is 1.04. The lowest BCUT2D eigenvalue weighted by molar-refractivity contribution is 1.17. The molecule has 0 spiro atoms. The van der Waals surface area contributed by atoms with Crippen LogP contribution in [0.25, 0.3) is 121 Å². The number of rotatable bonds is 4. The molecule has 0 amide bonds. The quantitative estimate of drug-likeness (QED) is 0.167. The molecule has 0 aliphatic heterocycles. The van der Waals surface area contributed by atoms with Crippen molar-refractivity contribution in [2.24, 2.45) is 0 Å². The maximum Gasteiger partial charge on any atom is 0.0788 e. The molecule has 60 heavy (non-hydrogen) atoms. The van der Waals surface area contributed by atoms with Gasteiger partial charge in [-0.15, -0.1) is 0 Å². The van der Waals surface area contributed by atoms with E-state index in [4.69, 9.17) is 9.97 Å². The second-order valence-corrected chi connectivity index (χ2v) is 15.7. The molecule has 4 nitrogen and oxygen atoms in total. The van der Waals surface area contributed by atoms with Crippen LogP contribution in [-0.4, -0.2) is 19.1 Å². The van der Waals surface area contributed by atoms with Crippen molar-refractivity contribution >= 4 is 87.0 Å². The van der Waals surface area contributed by atoms with Gasteiger partial charge in [0.1, 0.15) is 0 Å². The zero-order valence-corrected chi connectivity index (χ0v) is 32.4. The largest absolute Gasteiger partial charge is 0.309 e. The SMILES string of the molecule is c1cc(-c2nc3ccccc3c3ccccc23)cc(-n2c3ccccc3c3c4c5ccccc5n(-c5cccc(-c6nc7ccccc7c7ccccc67)c5)c4ccc32)c1. The predicted octanol–water partition coefficient (Wildman–Crippen LogP) is 14.6. The number of benzene rings is 9. The van der Waals surface area contributed by atoms with E-state index < -0.39 is 0 Å². The Morgan fingerprint density at radius 1 is 0.267 bits per heavy atom. The molecule has 0 aliphatic carbocycles. The summed E-state index contributed by atoms with van der Waals surface area (Å²) in [5, 5.41) is 12.0. The Labute approximate surface area is 344 Å². The van der Waals surface area contributed by atoms with Crippen LogP contribution in [0.4, 0.5) is 0 Å². The van der Waals surface area contributed by atoms with Crippen molar-refractivity contribution in [3.8, 4) is 33.9 Å². The highest BCUT2D eigenvalue weighted by atomic mass is 15.0. The maximum absolute atomic E-state index is 5.27. The first-order chi connectivity index (χ1) is 29.8. The van der Waals surface area contributed by atoms with Gasteiger partial charge < -0.3 is 9.13 Å². The molecule has 0 atom stereocenters. The molecule has 0 saturated heterocycles. The molecule has 0 bridgehead atoms. The zero-order valence-electron chi connectivity index (χ0n) is 32.4. The molecule has 13 rings (SSSR count). The molecule has 0 unspecified atom stereocenters. The minimum absolute atomic E-state index is 0.992. The summed E-state index contributed by atoms with van der Waals surface area (Å²) in [7, 11) is 0. The lowest BCUT2D eigenvalue weighted by Crippen LogP contribution is -1.96. The summed E-state index contributed by atoms with van der Waals surface area (Å²) in [6, 6.07) is 74.2. The van der Waals surface area contributed by atoms with Crippen molar-refractivity contribution in [2.75, 3.05) is 0 Å². The summed E-state index contributed by atoms with van der Waals surface area (Å²) in [4.78, 5) is 10.5. The normalized spacial score (nSPS) is 12.0. The van der Waals surface area contributed by atoms with Crippen LogP contribution >= 0.6 is 0 Å². The molecule has 0 fully saturated rings. The van der Waals surface area contributed by atoms with Crippen LogP contribution in [0.3, 0.4) is 0 Å². The van der Waals surface area contributed by atoms with Gasteiger partial charge in [0, 0.05) is 65.6 Å². The van der Waals surface area contributed by atoms with Crippen LogP contribution in [0, 0.1) is 0 Å². The number of hydrogen-bond acceptors (Lipinski definition) is 2. The Morgan fingerprint density at radius 3 is 1.08 bits per heavy atom. The van der Waals surface area contributed by atoms with Crippen molar-refractivity contribution < 1.29 is 0 Å². The van der Waals surface area contributed by atoms with E-state index in [-0.39, 0.29) is 0 Å². The molecule has 0 saturated carbocycles. The van der Waals surface area contributed by atoms with Gasteiger partial charge in [-0.3, -0.25) is 0 Å². The third-order valence-corrected chi connectivity index (χ3v) is 12.4. The van der Waals surface area contributed by atoms with Crippen LogP contribution in [0.5, 0.6) is 0 Å². The molecule has 0 aliphatic rings. The number of aromatic nitrogens is 4. The van der Waals surface area contributed by atoms with Crippen LogP contribution in [-0.2, 0) is 0 Å². The molecular formula is C56H34N4. The van der Waals surface area contributed by atoms with Gasteiger partial charge >= 0.3 is 0 Å². The Bertz CT molecular complexity index is 3650. The van der Waals surface area contributed by atoms with Crippen LogP contribution in [0.2, 0.25) is 0 Å². The Hall–Kier alpha value is -8.08. The van der Waals surface area contributed by atoms with Gasteiger partial charge in [0.25, 0.3) is 0 Å². The van der Waals surface area contributed by atoms with Crippen LogP contribution in [0.1, 0.15) is 0 Å². The standard InChI is InChI=1S/C56H34N4/c1-3-23-43-39(19-1)41-21-5-9-27-47(41)57-55(43)35-15-13-17-37(33-35)59-49-29-11-7-25-45(49)53-51(59)31-32-52-54(53)46-26-8-12-30-50(46)60(52)38-18-14-16-36(34-38)56-44-24-4-2-20-40(44)42-22-6-10-28-48(42)58-56/h1-34H. The van der Waals surface area contributed by atoms with E-state index in [2.05, 4.69) is 215 Å². The van der Waals surface area contributed by atoms with Crippen molar-refractivity contribution in [3.63, 3.8) is 0 Å². The van der Waals surface area contributed by atoms with E-state index in [9.17, 15) is 0 Å². The first-order valence-corrected chi connectivity index (χ1v) is 20.5. The molecule has 0 N–H and O–H groups in total. The molecule has 13 aromatic rings. The lowest BCUT2D eigenvalue weighted by Gasteiger charge is -2.13. The van der Waals surface area contributed by atoms with Gasteiger partial charge in [-0.05, 0) is 71.4 Å². The monoisotopic (exact) mass is 762 g/mol. The zero-order chi connectivity index (χ0) is 39.3. The van der Waals surface area contributed by atoms with Gasteiger partial charge in [0.2, 0.25) is 0 Å². The van der Waals surface area contributed by atoms with E-state index in [1.54, 1.807) is 0 Å². The number of hydrogen-bond donors (Lipinski definition) is 0. The summed E-state index contributed by atoms with van der Waals surface area (Å²) in [5.74, 6) is 0. The minimum Gasteiger partial charge on any atom is -0.309 e. The van der Waals surface area contributed by atoms with Crippen LogP contribution in [0.15, 0.2) is 206 Å². The third kappa shape index (κ3) is 4.73. The smallest absolute Gasteiger partial charge is 0.0788 e. The summed E-state index contributed by atoms with van der Waals surface area (Å²) < 4.78 is 4.86. The van der Waals surface area contributed by atoms with Gasteiger partial charge in [0.05, 0.1) is 44.5 Å². The Morgan fingerprint density at radius 2 is 0.633 bits per heavy atom. The van der Waals surface area contributed by atoms with E-state index in [0.29, 0.717) is 0 Å². The topological polar surface area (TPSA) is 35.6 Å². The van der Waals surface area contributed by atoms with Crippen molar-refractivity contribution in [1.29, 1.82) is 0 Å². The van der Waals surface area contributed by atoms with E-state index in [1.807, 2.05) is 0 Å². The fourth-order valence-corrected chi connectivity index (χ4v) is 9.91. The van der Waals surface area contributed by atoms with E-state index >= 15 is 0 Å². The summed E-state index contributed by atoms with van der Waals surface area (Å²) >= 11 is 0. The molecular weight excluding hydrogens is 729 g/mol. The molecule has 4 heteroatoms. The van der Waals surface area contributed by atoms with Gasteiger partial charge in [0.15, 0.2) is 0 Å². The van der Waals surface area contributed by atoms with Crippen LogP contribution < -0.4 is 0 Å². The number of nitrogens with zero attached hydrogens (tertiary/aromatic N) is 4. The highest BCUT2D eigenvalue weighted by Crippen LogP contribution is 2.43. The molecule has 278 valence electrons. The second-order valence-electron chi connectivity index (χ2n) is 15.7.